The highest BCUT2D eigenvalue weighted by molar-refractivity contribution is 14.1. The lowest BCUT2D eigenvalue weighted by atomic mass is 10.2. The number of nitrogens with one attached hydrogen (secondary N) is 2. The van der Waals surface area contributed by atoms with E-state index in [0.29, 0.717) is 23.5 Å². The molecule has 7 heteroatoms. The summed E-state index contributed by atoms with van der Waals surface area (Å²) in [6, 6.07) is 11.9. The van der Waals surface area contributed by atoms with Crippen molar-refractivity contribution in [3.05, 3.63) is 57.2 Å². The highest BCUT2D eigenvalue weighted by atomic mass is 127. The molecule has 0 radical (unpaired) electrons. The van der Waals surface area contributed by atoms with Crippen LogP contribution >= 0.6 is 22.6 Å². The minimum atomic E-state index is -0.401. The standard InChI is InChI=1S/C22H27IN2O4/c1-3-4-5-6-7-14-29-18-11-8-16(9-12-18)21(26)24-25-22(27)17-10-13-20(28-2)19(23)15-17/h8-13,15H,3-7,14H2,1-2H3,(H,24,26)(H,25,27). The summed E-state index contributed by atoms with van der Waals surface area (Å²) in [5.74, 6) is 0.623. The average molecular weight is 510 g/mol. The van der Waals surface area contributed by atoms with Crippen molar-refractivity contribution in [2.24, 2.45) is 0 Å². The third-order valence-corrected chi connectivity index (χ3v) is 5.18. The van der Waals surface area contributed by atoms with E-state index in [2.05, 4.69) is 40.4 Å². The number of amides is 2. The van der Waals surface area contributed by atoms with Crippen LogP contribution in [0, 0.1) is 3.57 Å². The number of carbonyl (C=O) groups is 2. The van der Waals surface area contributed by atoms with Crippen molar-refractivity contribution in [2.45, 2.75) is 39.0 Å². The Kier molecular flexibility index (Phi) is 9.76. The molecule has 156 valence electrons. The van der Waals surface area contributed by atoms with Crippen molar-refractivity contribution in [1.82, 2.24) is 10.9 Å². The number of hydrogen-bond donors (Lipinski definition) is 2. The van der Waals surface area contributed by atoms with E-state index in [4.69, 9.17) is 9.47 Å². The normalized spacial score (nSPS) is 10.3. The zero-order valence-electron chi connectivity index (χ0n) is 16.8. The molecular formula is C22H27IN2O4. The Bertz CT molecular complexity index is 809. The van der Waals surface area contributed by atoms with Crippen LogP contribution in [0.1, 0.15) is 59.7 Å². The molecule has 2 aromatic carbocycles. The molecule has 2 amide bonds. The van der Waals surface area contributed by atoms with Gasteiger partial charge in [-0.25, -0.2) is 0 Å². The predicted molar refractivity (Wildman–Crippen MR) is 121 cm³/mol. The Morgan fingerprint density at radius 3 is 2.14 bits per heavy atom. The van der Waals surface area contributed by atoms with Gasteiger partial charge in [-0.15, -0.1) is 0 Å². The van der Waals surface area contributed by atoms with Gasteiger partial charge in [0.05, 0.1) is 17.3 Å². The first kappa shape index (κ1) is 23.0. The molecule has 2 rings (SSSR count). The second-order valence-electron chi connectivity index (χ2n) is 6.54. The molecule has 0 aliphatic rings. The molecule has 0 bridgehead atoms. The summed E-state index contributed by atoms with van der Waals surface area (Å²) in [6.07, 6.45) is 5.92. The largest absolute Gasteiger partial charge is 0.496 e. The Labute approximate surface area is 185 Å². The third-order valence-electron chi connectivity index (χ3n) is 4.34. The second kappa shape index (κ2) is 12.3. The maximum Gasteiger partial charge on any atom is 0.269 e. The summed E-state index contributed by atoms with van der Waals surface area (Å²) >= 11 is 2.09. The minimum Gasteiger partial charge on any atom is -0.496 e. The smallest absolute Gasteiger partial charge is 0.269 e. The number of carbonyl (C=O) groups excluding carboxylic acids is 2. The van der Waals surface area contributed by atoms with Crippen LogP contribution in [0.25, 0.3) is 0 Å². The van der Waals surface area contributed by atoms with Crippen LogP contribution in [-0.2, 0) is 0 Å². The van der Waals surface area contributed by atoms with Crippen molar-refractivity contribution in [1.29, 1.82) is 0 Å². The fourth-order valence-electron chi connectivity index (χ4n) is 2.66. The number of rotatable bonds is 10. The maximum atomic E-state index is 12.2. The lowest BCUT2D eigenvalue weighted by Crippen LogP contribution is -2.41. The number of hydrogen-bond acceptors (Lipinski definition) is 4. The van der Waals surface area contributed by atoms with E-state index in [0.717, 1.165) is 15.7 Å². The molecule has 2 N–H and O–H groups in total. The molecule has 29 heavy (non-hydrogen) atoms. The summed E-state index contributed by atoms with van der Waals surface area (Å²) in [5, 5.41) is 0. The van der Waals surface area contributed by atoms with E-state index >= 15 is 0 Å². The maximum absolute atomic E-state index is 12.2. The molecule has 0 heterocycles. The minimum absolute atomic E-state index is 0.396. The molecule has 0 spiro atoms. The first-order chi connectivity index (χ1) is 14.0. The molecule has 2 aromatic rings. The molecule has 0 saturated heterocycles. The Morgan fingerprint density at radius 2 is 1.52 bits per heavy atom. The van der Waals surface area contributed by atoms with Crippen LogP contribution in [0.2, 0.25) is 0 Å². The quantitative estimate of drug-likeness (QED) is 0.276. The summed E-state index contributed by atoms with van der Waals surface area (Å²) in [7, 11) is 1.57. The molecule has 0 aromatic heterocycles. The van der Waals surface area contributed by atoms with E-state index in [1.165, 1.54) is 25.7 Å². The second-order valence-corrected chi connectivity index (χ2v) is 7.71. The first-order valence-electron chi connectivity index (χ1n) is 9.72. The van der Waals surface area contributed by atoms with E-state index in [1.807, 2.05) is 0 Å². The van der Waals surface area contributed by atoms with Crippen LogP contribution in [0.3, 0.4) is 0 Å². The van der Waals surface area contributed by atoms with Crippen LogP contribution in [0.4, 0.5) is 0 Å². The zero-order chi connectivity index (χ0) is 21.1. The van der Waals surface area contributed by atoms with Gasteiger partial charge in [0, 0.05) is 11.1 Å². The predicted octanol–water partition coefficient (Wildman–Crippen LogP) is 4.72. The van der Waals surface area contributed by atoms with Gasteiger partial charge in [0.2, 0.25) is 0 Å². The van der Waals surface area contributed by atoms with Crippen molar-refractivity contribution in [2.75, 3.05) is 13.7 Å². The third kappa shape index (κ3) is 7.56. The van der Waals surface area contributed by atoms with Gasteiger partial charge in [0.1, 0.15) is 11.5 Å². The zero-order valence-corrected chi connectivity index (χ0v) is 19.0. The van der Waals surface area contributed by atoms with Gasteiger partial charge in [-0.05, 0) is 71.5 Å². The summed E-state index contributed by atoms with van der Waals surface area (Å²) < 4.78 is 11.7. The first-order valence-corrected chi connectivity index (χ1v) is 10.8. The molecule has 0 aliphatic carbocycles. The lowest BCUT2D eigenvalue weighted by Gasteiger charge is -2.10. The lowest BCUT2D eigenvalue weighted by molar-refractivity contribution is 0.0846. The number of hydrazine groups is 1. The number of methoxy groups -OCH3 is 1. The van der Waals surface area contributed by atoms with Gasteiger partial charge in [-0.2, -0.15) is 0 Å². The van der Waals surface area contributed by atoms with Gasteiger partial charge < -0.3 is 9.47 Å². The van der Waals surface area contributed by atoms with Crippen LogP contribution in [0.5, 0.6) is 11.5 Å². The van der Waals surface area contributed by atoms with E-state index in [1.54, 1.807) is 49.6 Å². The molecular weight excluding hydrogens is 483 g/mol. The van der Waals surface area contributed by atoms with Crippen LogP contribution < -0.4 is 20.3 Å². The molecule has 0 unspecified atom stereocenters. The van der Waals surface area contributed by atoms with E-state index in [-0.39, 0.29) is 0 Å². The van der Waals surface area contributed by atoms with Gasteiger partial charge in [-0.1, -0.05) is 32.6 Å². The molecule has 0 aliphatic heterocycles. The highest BCUT2D eigenvalue weighted by Crippen LogP contribution is 2.21. The fraction of sp³-hybridized carbons (Fsp3) is 0.364. The van der Waals surface area contributed by atoms with Crippen LogP contribution in [0.15, 0.2) is 42.5 Å². The molecule has 6 nitrogen and oxygen atoms in total. The Balaban J connectivity index is 1.78. The number of unbranched alkanes of at least 4 members (excludes halogenated alkanes) is 4. The van der Waals surface area contributed by atoms with Gasteiger partial charge >= 0.3 is 0 Å². The van der Waals surface area contributed by atoms with Crippen LogP contribution in [-0.4, -0.2) is 25.5 Å². The molecule has 0 saturated carbocycles. The Morgan fingerprint density at radius 1 is 0.897 bits per heavy atom. The Hall–Kier alpha value is -2.29. The van der Waals surface area contributed by atoms with Gasteiger partial charge in [0.15, 0.2) is 0 Å². The molecule has 0 atom stereocenters. The SMILES string of the molecule is CCCCCCCOc1ccc(C(=O)NNC(=O)c2ccc(OC)c(I)c2)cc1. The van der Waals surface area contributed by atoms with Gasteiger partial charge in [-0.3, -0.25) is 20.4 Å². The topological polar surface area (TPSA) is 76.7 Å². The fourth-order valence-corrected chi connectivity index (χ4v) is 3.40. The monoisotopic (exact) mass is 510 g/mol. The molecule has 0 fully saturated rings. The van der Waals surface area contributed by atoms with Crippen molar-refractivity contribution < 1.29 is 19.1 Å². The number of halogens is 1. The summed E-state index contributed by atoms with van der Waals surface area (Å²) in [4.78, 5) is 24.4. The average Bonchev–Trinajstić information content (AvgIpc) is 2.74. The van der Waals surface area contributed by atoms with Crippen molar-refractivity contribution >= 4 is 34.4 Å². The van der Waals surface area contributed by atoms with Crippen molar-refractivity contribution in [3.8, 4) is 11.5 Å². The van der Waals surface area contributed by atoms with Gasteiger partial charge in [0.25, 0.3) is 11.8 Å². The summed E-state index contributed by atoms with van der Waals surface area (Å²) in [6.45, 7) is 2.87. The van der Waals surface area contributed by atoms with E-state index in [9.17, 15) is 9.59 Å². The number of benzene rings is 2. The van der Waals surface area contributed by atoms with E-state index < -0.39 is 11.8 Å². The summed E-state index contributed by atoms with van der Waals surface area (Å²) in [5.41, 5.74) is 5.71. The highest BCUT2D eigenvalue weighted by Gasteiger charge is 2.11. The number of ether oxygens (including phenoxy) is 2. The van der Waals surface area contributed by atoms with Crippen molar-refractivity contribution in [3.63, 3.8) is 0 Å².